The highest BCUT2D eigenvalue weighted by molar-refractivity contribution is 6.04. The number of carbonyl (C=O) groups is 4. The Morgan fingerprint density at radius 1 is 0.756 bits per heavy atom. The van der Waals surface area contributed by atoms with Gasteiger partial charge in [0.15, 0.2) is 0 Å². The van der Waals surface area contributed by atoms with E-state index in [1.54, 1.807) is 7.05 Å². The van der Waals surface area contributed by atoms with Crippen LogP contribution in [0.25, 0.3) is 0 Å². The lowest BCUT2D eigenvalue weighted by molar-refractivity contribution is -0.149. The van der Waals surface area contributed by atoms with Gasteiger partial charge in [0.05, 0.1) is 26.6 Å². The molecule has 1 aliphatic carbocycles. The van der Waals surface area contributed by atoms with E-state index in [2.05, 4.69) is 33.9 Å². The number of ketones is 1. The highest BCUT2D eigenvalue weighted by Crippen LogP contribution is 2.43. The Bertz CT molecular complexity index is 1030. The van der Waals surface area contributed by atoms with Gasteiger partial charge in [-0.25, -0.2) is 0 Å². The van der Waals surface area contributed by atoms with Crippen LogP contribution < -0.4 is 9.80 Å². The second-order valence-corrected chi connectivity index (χ2v) is 9.16. The van der Waals surface area contributed by atoms with Gasteiger partial charge < -0.3 is 19.3 Å². The van der Waals surface area contributed by atoms with E-state index in [1.807, 2.05) is 73.0 Å². The lowest BCUT2D eigenvalue weighted by Crippen LogP contribution is -2.32. The third kappa shape index (κ3) is 15.0. The number of methoxy groups -OCH3 is 2. The Morgan fingerprint density at radius 2 is 1.22 bits per heavy atom. The van der Waals surface area contributed by atoms with Gasteiger partial charge in [0, 0.05) is 39.4 Å². The van der Waals surface area contributed by atoms with Crippen LogP contribution in [0.2, 0.25) is 0 Å². The molecule has 0 heterocycles. The number of anilines is 2. The van der Waals surface area contributed by atoms with Crippen molar-refractivity contribution in [1.29, 1.82) is 0 Å². The van der Waals surface area contributed by atoms with E-state index in [4.69, 9.17) is 4.74 Å². The second-order valence-electron chi connectivity index (χ2n) is 9.16. The number of hydrogen-bond acceptors (Lipinski definition) is 7. The maximum Gasteiger partial charge on any atom is 0.309 e. The van der Waals surface area contributed by atoms with Gasteiger partial charge >= 0.3 is 11.9 Å². The van der Waals surface area contributed by atoms with Gasteiger partial charge in [0.2, 0.25) is 5.91 Å². The van der Waals surface area contributed by atoms with Gasteiger partial charge in [-0.3, -0.25) is 19.2 Å². The molecule has 1 aliphatic rings. The van der Waals surface area contributed by atoms with Crippen LogP contribution in [0.1, 0.15) is 77.8 Å². The standard InChI is InChI=1S/C14H19NO2.C12H15NO2.C3H6O2.2C2H6/c1-15(2)11-6-4-10(5-7-11)12-8-9-13(12)14(16)17-3;1-9-4-6-11(7-5-9)13(3)12(15)8-10(2)14;1-3(4)5-2;2*1-2/h4-7,12-13H,8-9H2,1-3H3;4-7H,8H2,1-3H3;1-2H3;2*1-2H3. The molecule has 0 radical (unpaired) electrons. The molecule has 8 heteroatoms. The summed E-state index contributed by atoms with van der Waals surface area (Å²) in [7, 11) is 8.54. The summed E-state index contributed by atoms with van der Waals surface area (Å²) >= 11 is 0. The average molecular weight is 573 g/mol. The Morgan fingerprint density at radius 3 is 1.56 bits per heavy atom. The molecule has 0 aromatic heterocycles. The fourth-order valence-electron chi connectivity index (χ4n) is 3.60. The zero-order valence-electron chi connectivity index (χ0n) is 27.2. The maximum absolute atomic E-state index is 11.5. The SMILES string of the molecule is CC.CC.CC(=O)CC(=O)N(C)c1ccc(C)cc1.COC(=O)C1CCC1c1ccc(N(C)C)cc1.COC(C)=O. The number of amides is 1. The zero-order valence-corrected chi connectivity index (χ0v) is 27.2. The van der Waals surface area contributed by atoms with Crippen LogP contribution in [-0.2, 0) is 28.7 Å². The third-order valence-corrected chi connectivity index (χ3v) is 6.10. The first-order valence-corrected chi connectivity index (χ1v) is 14.1. The molecule has 2 aromatic carbocycles. The van der Waals surface area contributed by atoms with Gasteiger partial charge in [0.1, 0.15) is 5.78 Å². The smallest absolute Gasteiger partial charge is 0.309 e. The fourth-order valence-corrected chi connectivity index (χ4v) is 3.60. The normalized spacial score (nSPS) is 14.1. The quantitative estimate of drug-likeness (QED) is 0.285. The first-order chi connectivity index (χ1) is 19.4. The summed E-state index contributed by atoms with van der Waals surface area (Å²) in [5, 5.41) is 0. The molecule has 0 spiro atoms. The maximum atomic E-state index is 11.5. The second kappa shape index (κ2) is 22.1. The van der Waals surface area contributed by atoms with Gasteiger partial charge in [0.25, 0.3) is 0 Å². The van der Waals surface area contributed by atoms with E-state index in [9.17, 15) is 19.2 Å². The fraction of sp³-hybridized carbons (Fsp3) is 0.515. The van der Waals surface area contributed by atoms with Gasteiger partial charge in [-0.05, 0) is 62.4 Å². The number of aryl methyl sites for hydroxylation is 1. The minimum absolute atomic E-state index is 0.0373. The zero-order chi connectivity index (χ0) is 32.1. The first-order valence-electron chi connectivity index (χ1n) is 14.1. The molecule has 2 unspecified atom stereocenters. The summed E-state index contributed by atoms with van der Waals surface area (Å²) < 4.78 is 8.93. The molecule has 0 saturated heterocycles. The number of Topliss-reactive ketones (excluding diaryl/α,β-unsaturated/α-hetero) is 1. The van der Waals surface area contributed by atoms with Crippen LogP contribution in [-0.4, -0.2) is 59.0 Å². The summed E-state index contributed by atoms with van der Waals surface area (Å²) in [5.41, 5.74) is 4.39. The molecule has 41 heavy (non-hydrogen) atoms. The van der Waals surface area contributed by atoms with Crippen molar-refractivity contribution in [1.82, 2.24) is 0 Å². The molecule has 0 aliphatic heterocycles. The van der Waals surface area contributed by atoms with E-state index in [0.717, 1.165) is 24.1 Å². The summed E-state index contributed by atoms with van der Waals surface area (Å²) in [6.45, 7) is 12.8. The van der Waals surface area contributed by atoms with Crippen LogP contribution in [0.3, 0.4) is 0 Å². The van der Waals surface area contributed by atoms with Crippen LogP contribution in [0.15, 0.2) is 48.5 Å². The van der Waals surface area contributed by atoms with Crippen molar-refractivity contribution in [2.24, 2.45) is 5.92 Å². The number of rotatable bonds is 6. The van der Waals surface area contributed by atoms with E-state index in [0.29, 0.717) is 5.92 Å². The minimum Gasteiger partial charge on any atom is -0.469 e. The van der Waals surface area contributed by atoms with Crippen molar-refractivity contribution in [2.45, 2.75) is 73.6 Å². The van der Waals surface area contributed by atoms with Crippen LogP contribution >= 0.6 is 0 Å². The Kier molecular flexibility index (Phi) is 21.2. The van der Waals surface area contributed by atoms with E-state index < -0.39 is 0 Å². The molecule has 0 bridgehead atoms. The van der Waals surface area contributed by atoms with E-state index in [-0.39, 0.29) is 36.0 Å². The highest BCUT2D eigenvalue weighted by Gasteiger charge is 2.38. The molecule has 230 valence electrons. The van der Waals surface area contributed by atoms with Crippen molar-refractivity contribution >= 4 is 35.0 Å². The van der Waals surface area contributed by atoms with Crippen molar-refractivity contribution in [3.8, 4) is 0 Å². The predicted molar refractivity (Wildman–Crippen MR) is 169 cm³/mol. The Labute approximate surface area is 248 Å². The molecule has 8 nitrogen and oxygen atoms in total. The lowest BCUT2D eigenvalue weighted by Gasteiger charge is -2.34. The monoisotopic (exact) mass is 572 g/mol. The number of carbonyl (C=O) groups excluding carboxylic acids is 4. The number of hydrogen-bond donors (Lipinski definition) is 0. The Balaban J connectivity index is 0. The first kappa shape index (κ1) is 39.5. The summed E-state index contributed by atoms with van der Waals surface area (Å²) in [6, 6.07) is 16.1. The van der Waals surface area contributed by atoms with Gasteiger partial charge in [-0.2, -0.15) is 0 Å². The van der Waals surface area contributed by atoms with Gasteiger partial charge in [-0.15, -0.1) is 0 Å². The molecule has 2 atom stereocenters. The van der Waals surface area contributed by atoms with Crippen LogP contribution in [0.4, 0.5) is 11.4 Å². The van der Waals surface area contributed by atoms with Crippen molar-refractivity contribution in [2.75, 3.05) is 45.2 Å². The predicted octanol–water partition coefficient (Wildman–Crippen LogP) is 6.59. The summed E-state index contributed by atoms with van der Waals surface area (Å²) in [4.78, 5) is 47.0. The summed E-state index contributed by atoms with van der Waals surface area (Å²) in [5.74, 6) is -0.197. The molecule has 3 rings (SSSR count). The molecular formula is C33H52N2O6. The molecule has 1 fully saturated rings. The number of esters is 2. The average Bonchev–Trinajstić information content (AvgIpc) is 2.95. The molecular weight excluding hydrogens is 520 g/mol. The van der Waals surface area contributed by atoms with Crippen molar-refractivity contribution < 1.29 is 28.7 Å². The van der Waals surface area contributed by atoms with E-state index >= 15 is 0 Å². The minimum atomic E-state index is -0.245. The summed E-state index contributed by atoms with van der Waals surface area (Å²) in [6.07, 6.45) is 2.00. The number of ether oxygens (including phenoxy) is 2. The topological polar surface area (TPSA) is 93.2 Å². The van der Waals surface area contributed by atoms with E-state index in [1.165, 1.54) is 44.2 Å². The number of benzene rings is 2. The largest absolute Gasteiger partial charge is 0.469 e. The molecule has 1 saturated carbocycles. The van der Waals surface area contributed by atoms with Crippen LogP contribution in [0, 0.1) is 12.8 Å². The molecule has 0 N–H and O–H groups in total. The Hall–Kier alpha value is -3.68. The van der Waals surface area contributed by atoms with Gasteiger partial charge in [-0.1, -0.05) is 57.5 Å². The van der Waals surface area contributed by atoms with Crippen molar-refractivity contribution in [3.05, 3.63) is 59.7 Å². The van der Waals surface area contributed by atoms with Crippen LogP contribution in [0.5, 0.6) is 0 Å². The highest BCUT2D eigenvalue weighted by atomic mass is 16.5. The number of nitrogens with zero attached hydrogens (tertiary/aromatic N) is 2. The molecule has 2 aromatic rings. The van der Waals surface area contributed by atoms with Crippen molar-refractivity contribution in [3.63, 3.8) is 0 Å². The molecule has 1 amide bonds. The third-order valence-electron chi connectivity index (χ3n) is 6.10. The lowest BCUT2D eigenvalue weighted by atomic mass is 9.70.